The van der Waals surface area contributed by atoms with Gasteiger partial charge in [-0.3, -0.25) is 4.79 Å². The number of carbonyl (C=O) groups is 1. The third-order valence-electron chi connectivity index (χ3n) is 4.11. The van der Waals surface area contributed by atoms with Gasteiger partial charge in [0.05, 0.1) is 5.92 Å². The maximum absolute atomic E-state index is 11.0. The van der Waals surface area contributed by atoms with Gasteiger partial charge in [-0.25, -0.2) is 0 Å². The summed E-state index contributed by atoms with van der Waals surface area (Å²) in [6.45, 7) is 0. The average molecular weight is 320 g/mol. The highest BCUT2D eigenvalue weighted by molar-refractivity contribution is 5.70. The largest absolute Gasteiger partial charge is 0.457 e. The Bertz CT molecular complexity index is 757. The van der Waals surface area contributed by atoms with Crippen molar-refractivity contribution < 1.29 is 9.21 Å². The molecule has 2 N–H and O–H groups in total. The Morgan fingerprint density at radius 2 is 1.29 bits per heavy atom. The number of furan rings is 1. The van der Waals surface area contributed by atoms with Crippen LogP contribution in [0.1, 0.15) is 33.4 Å². The van der Waals surface area contributed by atoms with E-state index in [4.69, 9.17) is 4.42 Å². The molecule has 122 valence electrons. The number of rotatable bonds is 6. The number of benzene rings is 2. The van der Waals surface area contributed by atoms with Crippen LogP contribution in [-0.2, 0) is 0 Å². The van der Waals surface area contributed by atoms with Crippen LogP contribution in [0.15, 0.2) is 65.1 Å². The minimum absolute atomic E-state index is 0.0597. The van der Waals surface area contributed by atoms with Crippen LogP contribution < -0.4 is 10.6 Å². The third-order valence-corrected chi connectivity index (χ3v) is 4.11. The van der Waals surface area contributed by atoms with Crippen molar-refractivity contribution in [3.8, 4) is 0 Å². The molecule has 0 saturated heterocycles. The topological polar surface area (TPSA) is 54.3 Å². The Hall–Kier alpha value is -3.01. The zero-order chi connectivity index (χ0) is 16.9. The van der Waals surface area contributed by atoms with E-state index >= 15 is 0 Å². The quantitative estimate of drug-likeness (QED) is 0.663. The lowest BCUT2D eigenvalue weighted by molar-refractivity contribution is 0.109. The zero-order valence-corrected chi connectivity index (χ0v) is 13.7. The van der Waals surface area contributed by atoms with Crippen molar-refractivity contribution >= 4 is 17.7 Å². The SMILES string of the molecule is CNc1ccc(C(c2ccc(NC)cc2)c2ccc(C=O)o2)cc1. The van der Waals surface area contributed by atoms with Crippen LogP contribution >= 0.6 is 0 Å². The number of hydrogen-bond donors (Lipinski definition) is 2. The van der Waals surface area contributed by atoms with Gasteiger partial charge in [0.2, 0.25) is 0 Å². The molecule has 0 radical (unpaired) electrons. The van der Waals surface area contributed by atoms with Gasteiger partial charge in [0.15, 0.2) is 12.0 Å². The van der Waals surface area contributed by atoms with E-state index in [1.165, 1.54) is 0 Å². The Labute approximate surface area is 141 Å². The molecule has 4 nitrogen and oxygen atoms in total. The lowest BCUT2D eigenvalue weighted by atomic mass is 9.89. The number of anilines is 2. The maximum atomic E-state index is 11.0. The third kappa shape index (κ3) is 3.18. The second kappa shape index (κ2) is 7.04. The Kier molecular flexibility index (Phi) is 4.66. The van der Waals surface area contributed by atoms with Crippen molar-refractivity contribution in [2.75, 3.05) is 24.7 Å². The molecular weight excluding hydrogens is 300 g/mol. The number of hydrogen-bond acceptors (Lipinski definition) is 4. The summed E-state index contributed by atoms with van der Waals surface area (Å²) in [6.07, 6.45) is 0.731. The molecule has 0 bridgehead atoms. The number of nitrogens with one attached hydrogen (secondary N) is 2. The molecule has 0 spiro atoms. The molecule has 0 unspecified atom stereocenters. The first-order valence-corrected chi connectivity index (χ1v) is 7.85. The van der Waals surface area contributed by atoms with Crippen molar-refractivity contribution in [3.05, 3.63) is 83.3 Å². The predicted octanol–water partition coefficient (Wildman–Crippen LogP) is 4.36. The van der Waals surface area contributed by atoms with Crippen LogP contribution in [0.4, 0.5) is 11.4 Å². The summed E-state index contributed by atoms with van der Waals surface area (Å²) < 4.78 is 5.72. The Morgan fingerprint density at radius 3 is 1.67 bits per heavy atom. The average Bonchev–Trinajstić information content (AvgIpc) is 3.12. The minimum atomic E-state index is -0.0597. The first kappa shape index (κ1) is 15.9. The minimum Gasteiger partial charge on any atom is -0.457 e. The van der Waals surface area contributed by atoms with Gasteiger partial charge < -0.3 is 15.1 Å². The predicted molar refractivity (Wildman–Crippen MR) is 97.0 cm³/mol. The standard InChI is InChI=1S/C20H20N2O2/c1-21-16-7-3-14(4-8-16)20(19-12-11-18(13-23)24-19)15-5-9-17(22-2)10-6-15/h3-13,20-22H,1-2H3. The van der Waals surface area contributed by atoms with E-state index < -0.39 is 0 Å². The van der Waals surface area contributed by atoms with Gasteiger partial charge in [0.1, 0.15) is 5.76 Å². The van der Waals surface area contributed by atoms with Crippen LogP contribution in [-0.4, -0.2) is 20.4 Å². The first-order valence-electron chi connectivity index (χ1n) is 7.85. The molecule has 3 rings (SSSR count). The van der Waals surface area contributed by atoms with Gasteiger partial charge in [-0.1, -0.05) is 24.3 Å². The van der Waals surface area contributed by atoms with E-state index in [9.17, 15) is 4.79 Å². The van der Waals surface area contributed by atoms with E-state index in [0.717, 1.165) is 34.5 Å². The molecule has 1 heterocycles. The highest BCUT2D eigenvalue weighted by atomic mass is 16.3. The van der Waals surface area contributed by atoms with E-state index in [1.807, 2.05) is 44.4 Å². The maximum Gasteiger partial charge on any atom is 0.185 e. The van der Waals surface area contributed by atoms with Gasteiger partial charge in [0.25, 0.3) is 0 Å². The Balaban J connectivity index is 2.06. The van der Waals surface area contributed by atoms with Crippen LogP contribution in [0.25, 0.3) is 0 Å². The van der Waals surface area contributed by atoms with Gasteiger partial charge in [-0.2, -0.15) is 0 Å². The molecule has 0 aliphatic rings. The summed E-state index contributed by atoms with van der Waals surface area (Å²) in [7, 11) is 3.79. The van der Waals surface area contributed by atoms with Crippen molar-refractivity contribution in [1.29, 1.82) is 0 Å². The molecular formula is C20H20N2O2. The summed E-state index contributed by atoms with van der Waals surface area (Å²) in [5, 5.41) is 6.25. The molecule has 2 aromatic carbocycles. The lowest BCUT2D eigenvalue weighted by Gasteiger charge is -2.17. The highest BCUT2D eigenvalue weighted by Crippen LogP contribution is 2.34. The summed E-state index contributed by atoms with van der Waals surface area (Å²) in [6, 6.07) is 20.0. The normalized spacial score (nSPS) is 10.6. The molecule has 0 atom stereocenters. The van der Waals surface area contributed by atoms with E-state index in [-0.39, 0.29) is 5.92 Å². The summed E-state index contributed by atoms with van der Waals surface area (Å²) >= 11 is 0. The smallest absolute Gasteiger partial charge is 0.185 e. The number of carbonyl (C=O) groups excluding carboxylic acids is 1. The molecule has 0 saturated carbocycles. The van der Waals surface area contributed by atoms with Gasteiger partial charge in [-0.05, 0) is 47.5 Å². The van der Waals surface area contributed by atoms with Crippen LogP contribution in [0.3, 0.4) is 0 Å². The zero-order valence-electron chi connectivity index (χ0n) is 13.7. The monoisotopic (exact) mass is 320 g/mol. The van der Waals surface area contributed by atoms with E-state index in [1.54, 1.807) is 6.07 Å². The fourth-order valence-electron chi connectivity index (χ4n) is 2.79. The van der Waals surface area contributed by atoms with Gasteiger partial charge >= 0.3 is 0 Å². The molecule has 0 fully saturated rings. The van der Waals surface area contributed by atoms with Crippen molar-refractivity contribution in [1.82, 2.24) is 0 Å². The van der Waals surface area contributed by atoms with Crippen molar-refractivity contribution in [2.24, 2.45) is 0 Å². The molecule has 0 aliphatic heterocycles. The van der Waals surface area contributed by atoms with Gasteiger partial charge in [-0.15, -0.1) is 0 Å². The highest BCUT2D eigenvalue weighted by Gasteiger charge is 2.20. The fourth-order valence-corrected chi connectivity index (χ4v) is 2.79. The van der Waals surface area contributed by atoms with Crippen molar-refractivity contribution in [3.63, 3.8) is 0 Å². The molecule has 0 amide bonds. The fraction of sp³-hybridized carbons (Fsp3) is 0.150. The summed E-state index contributed by atoms with van der Waals surface area (Å²) in [5.41, 5.74) is 4.32. The lowest BCUT2D eigenvalue weighted by Crippen LogP contribution is -2.03. The Morgan fingerprint density at radius 1 is 0.792 bits per heavy atom. The van der Waals surface area contributed by atoms with Crippen LogP contribution in [0, 0.1) is 0 Å². The second-order valence-corrected chi connectivity index (χ2v) is 5.54. The summed E-state index contributed by atoms with van der Waals surface area (Å²) in [4.78, 5) is 11.0. The second-order valence-electron chi connectivity index (χ2n) is 5.54. The number of aldehydes is 1. The first-order chi connectivity index (χ1) is 11.7. The van der Waals surface area contributed by atoms with Crippen LogP contribution in [0.5, 0.6) is 0 Å². The molecule has 0 aliphatic carbocycles. The van der Waals surface area contributed by atoms with Gasteiger partial charge in [0, 0.05) is 25.5 Å². The van der Waals surface area contributed by atoms with Crippen LogP contribution in [0.2, 0.25) is 0 Å². The van der Waals surface area contributed by atoms with E-state index in [0.29, 0.717) is 5.76 Å². The molecule has 1 aromatic heterocycles. The molecule has 4 heteroatoms. The summed E-state index contributed by atoms with van der Waals surface area (Å²) in [5.74, 6) is 1.04. The van der Waals surface area contributed by atoms with Crippen molar-refractivity contribution in [2.45, 2.75) is 5.92 Å². The molecule has 24 heavy (non-hydrogen) atoms. The van der Waals surface area contributed by atoms with E-state index in [2.05, 4.69) is 34.9 Å². The molecule has 3 aromatic rings.